The number of halogens is 1. The van der Waals surface area contributed by atoms with Crippen LogP contribution in [0.3, 0.4) is 0 Å². The molecule has 3 rings (SSSR count). The van der Waals surface area contributed by atoms with E-state index >= 15 is 0 Å². The van der Waals surface area contributed by atoms with Crippen molar-refractivity contribution in [3.63, 3.8) is 0 Å². The average Bonchev–Trinajstić information content (AvgIpc) is 2.91. The summed E-state index contributed by atoms with van der Waals surface area (Å²) in [6, 6.07) is 13.3. The minimum absolute atomic E-state index is 0.0935. The molecule has 0 aromatic heterocycles. The SMILES string of the molecule is CCOc1cccc(/C=C2\SC(Nc3cc(Cl)ccc3C)NC2=O)c1. The van der Waals surface area contributed by atoms with Gasteiger partial charge in [0, 0.05) is 10.7 Å². The number of ether oxygens (including phenoxy) is 1. The summed E-state index contributed by atoms with van der Waals surface area (Å²) in [4.78, 5) is 12.9. The normalized spacial score (nSPS) is 18.3. The van der Waals surface area contributed by atoms with Crippen molar-refractivity contribution in [2.45, 2.75) is 19.3 Å². The van der Waals surface area contributed by atoms with Crippen LogP contribution in [0.2, 0.25) is 5.02 Å². The number of carbonyl (C=O) groups is 1. The molecule has 2 aromatic rings. The summed E-state index contributed by atoms with van der Waals surface area (Å²) < 4.78 is 5.50. The van der Waals surface area contributed by atoms with Crippen LogP contribution in [0.15, 0.2) is 47.4 Å². The number of thioether (sulfide) groups is 1. The number of anilines is 1. The lowest BCUT2D eigenvalue weighted by Gasteiger charge is -2.15. The Morgan fingerprint density at radius 1 is 1.32 bits per heavy atom. The van der Waals surface area contributed by atoms with Crippen LogP contribution < -0.4 is 15.4 Å². The van der Waals surface area contributed by atoms with Crippen molar-refractivity contribution < 1.29 is 9.53 Å². The van der Waals surface area contributed by atoms with Gasteiger partial charge in [-0.3, -0.25) is 4.79 Å². The third-order valence-corrected chi connectivity index (χ3v) is 4.95. The van der Waals surface area contributed by atoms with Crippen molar-refractivity contribution in [1.82, 2.24) is 5.32 Å². The van der Waals surface area contributed by atoms with Crippen LogP contribution in [0.25, 0.3) is 6.08 Å². The van der Waals surface area contributed by atoms with E-state index < -0.39 is 0 Å². The van der Waals surface area contributed by atoms with Crippen LogP contribution in [-0.4, -0.2) is 18.0 Å². The highest BCUT2D eigenvalue weighted by atomic mass is 35.5. The number of rotatable bonds is 5. The molecule has 0 saturated carbocycles. The Balaban J connectivity index is 1.74. The summed E-state index contributed by atoms with van der Waals surface area (Å²) in [6.45, 7) is 4.55. The number of hydrogen-bond donors (Lipinski definition) is 2. The summed E-state index contributed by atoms with van der Waals surface area (Å²) in [5.41, 5.74) is 2.68. The Kier molecular flexibility index (Phi) is 5.56. The van der Waals surface area contributed by atoms with E-state index in [1.807, 2.05) is 62.4 Å². The van der Waals surface area contributed by atoms with Crippen LogP contribution in [0.1, 0.15) is 18.1 Å². The lowest BCUT2D eigenvalue weighted by molar-refractivity contribution is -0.116. The van der Waals surface area contributed by atoms with Gasteiger partial charge < -0.3 is 15.4 Å². The largest absolute Gasteiger partial charge is 0.494 e. The molecule has 2 N–H and O–H groups in total. The van der Waals surface area contributed by atoms with E-state index in [1.165, 1.54) is 11.8 Å². The maximum absolute atomic E-state index is 12.2. The molecule has 25 heavy (non-hydrogen) atoms. The van der Waals surface area contributed by atoms with Gasteiger partial charge in [-0.2, -0.15) is 0 Å². The standard InChI is InChI=1S/C19H19ClN2O2S/c1-3-24-15-6-4-5-13(9-15)10-17-18(23)22-19(25-17)21-16-11-14(20)8-7-12(16)2/h4-11,19,21H,3H2,1-2H3,(H,22,23)/b17-10-. The number of amides is 1. The van der Waals surface area contributed by atoms with Crippen LogP contribution in [0.4, 0.5) is 5.69 Å². The second-order valence-electron chi connectivity index (χ2n) is 5.59. The van der Waals surface area contributed by atoms with E-state index in [2.05, 4.69) is 10.6 Å². The number of benzene rings is 2. The van der Waals surface area contributed by atoms with Gasteiger partial charge in [-0.15, -0.1) is 0 Å². The molecule has 6 heteroatoms. The van der Waals surface area contributed by atoms with Gasteiger partial charge in [0.05, 0.1) is 11.5 Å². The summed E-state index contributed by atoms with van der Waals surface area (Å²) in [7, 11) is 0. The molecule has 0 aliphatic carbocycles. The van der Waals surface area contributed by atoms with Gasteiger partial charge in [0.25, 0.3) is 5.91 Å². The maximum atomic E-state index is 12.2. The molecule has 4 nitrogen and oxygen atoms in total. The molecular formula is C19H19ClN2O2S. The fraction of sp³-hybridized carbons (Fsp3) is 0.211. The van der Waals surface area contributed by atoms with E-state index in [-0.39, 0.29) is 11.4 Å². The predicted octanol–water partition coefficient (Wildman–Crippen LogP) is 4.65. The van der Waals surface area contributed by atoms with Crippen LogP contribution in [-0.2, 0) is 4.79 Å². The molecule has 1 fully saturated rings. The molecular weight excluding hydrogens is 356 g/mol. The van der Waals surface area contributed by atoms with E-state index in [4.69, 9.17) is 16.3 Å². The topological polar surface area (TPSA) is 50.4 Å². The van der Waals surface area contributed by atoms with Gasteiger partial charge in [0.1, 0.15) is 5.75 Å². The first-order chi connectivity index (χ1) is 12.0. The van der Waals surface area contributed by atoms with Gasteiger partial charge in [0.15, 0.2) is 5.50 Å². The highest BCUT2D eigenvalue weighted by Crippen LogP contribution is 2.32. The number of carbonyl (C=O) groups excluding carboxylic acids is 1. The van der Waals surface area contributed by atoms with Gasteiger partial charge in [-0.05, 0) is 55.3 Å². The van der Waals surface area contributed by atoms with Crippen molar-refractivity contribution in [3.05, 3.63) is 63.5 Å². The molecule has 1 heterocycles. The van der Waals surface area contributed by atoms with E-state index in [9.17, 15) is 4.79 Å². The number of aryl methyl sites for hydroxylation is 1. The monoisotopic (exact) mass is 374 g/mol. The van der Waals surface area contributed by atoms with Gasteiger partial charge in [-0.1, -0.05) is 41.6 Å². The number of nitrogens with one attached hydrogen (secondary N) is 2. The molecule has 0 bridgehead atoms. The zero-order valence-electron chi connectivity index (χ0n) is 14.0. The van der Waals surface area contributed by atoms with Crippen molar-refractivity contribution in [2.75, 3.05) is 11.9 Å². The smallest absolute Gasteiger partial charge is 0.260 e. The third kappa shape index (κ3) is 4.50. The number of hydrogen-bond acceptors (Lipinski definition) is 4. The highest BCUT2D eigenvalue weighted by Gasteiger charge is 2.27. The second kappa shape index (κ2) is 7.85. The average molecular weight is 375 g/mol. The molecule has 1 aliphatic heterocycles. The highest BCUT2D eigenvalue weighted by molar-refractivity contribution is 8.05. The van der Waals surface area contributed by atoms with Crippen LogP contribution >= 0.6 is 23.4 Å². The van der Waals surface area contributed by atoms with Crippen molar-refractivity contribution in [1.29, 1.82) is 0 Å². The quantitative estimate of drug-likeness (QED) is 0.748. The lowest BCUT2D eigenvalue weighted by atomic mass is 10.2. The third-order valence-electron chi connectivity index (χ3n) is 3.68. The summed E-state index contributed by atoms with van der Waals surface area (Å²) >= 11 is 7.50. The van der Waals surface area contributed by atoms with Crippen LogP contribution in [0, 0.1) is 6.92 Å². The summed E-state index contributed by atoms with van der Waals surface area (Å²) in [5, 5.41) is 6.90. The maximum Gasteiger partial charge on any atom is 0.260 e. The zero-order chi connectivity index (χ0) is 17.8. The van der Waals surface area contributed by atoms with Gasteiger partial charge >= 0.3 is 0 Å². The fourth-order valence-electron chi connectivity index (χ4n) is 2.47. The Bertz CT molecular complexity index is 823. The van der Waals surface area contributed by atoms with Crippen molar-refractivity contribution in [2.24, 2.45) is 0 Å². The first-order valence-electron chi connectivity index (χ1n) is 8.00. The molecule has 1 unspecified atom stereocenters. The first-order valence-corrected chi connectivity index (χ1v) is 9.25. The predicted molar refractivity (Wildman–Crippen MR) is 105 cm³/mol. The molecule has 1 amide bonds. The van der Waals surface area contributed by atoms with E-state index in [0.29, 0.717) is 16.5 Å². The van der Waals surface area contributed by atoms with E-state index in [1.54, 1.807) is 0 Å². The van der Waals surface area contributed by atoms with Crippen molar-refractivity contribution >= 4 is 41.0 Å². The Morgan fingerprint density at radius 3 is 2.96 bits per heavy atom. The Morgan fingerprint density at radius 2 is 2.16 bits per heavy atom. The molecule has 1 saturated heterocycles. The molecule has 1 aliphatic rings. The lowest BCUT2D eigenvalue weighted by Crippen LogP contribution is -2.31. The molecule has 1 atom stereocenters. The zero-order valence-corrected chi connectivity index (χ0v) is 15.6. The Hall–Kier alpha value is -2.11. The van der Waals surface area contributed by atoms with E-state index in [0.717, 1.165) is 22.6 Å². The Labute approximate surface area is 156 Å². The minimum Gasteiger partial charge on any atom is -0.494 e. The van der Waals surface area contributed by atoms with Crippen molar-refractivity contribution in [3.8, 4) is 5.75 Å². The van der Waals surface area contributed by atoms with Gasteiger partial charge in [-0.25, -0.2) is 0 Å². The van der Waals surface area contributed by atoms with Crippen LogP contribution in [0.5, 0.6) is 5.75 Å². The minimum atomic E-state index is -0.231. The molecule has 130 valence electrons. The summed E-state index contributed by atoms with van der Waals surface area (Å²) in [6.07, 6.45) is 1.87. The second-order valence-corrected chi connectivity index (χ2v) is 7.17. The fourth-order valence-corrected chi connectivity index (χ4v) is 3.62. The molecule has 0 spiro atoms. The van der Waals surface area contributed by atoms with Gasteiger partial charge in [0.2, 0.25) is 0 Å². The molecule has 2 aromatic carbocycles. The summed E-state index contributed by atoms with van der Waals surface area (Å²) in [5.74, 6) is 0.702. The first kappa shape index (κ1) is 17.7. The molecule has 0 radical (unpaired) electrons.